The van der Waals surface area contributed by atoms with Crippen molar-refractivity contribution in [1.82, 2.24) is 20.2 Å². The van der Waals surface area contributed by atoms with Gasteiger partial charge in [-0.25, -0.2) is 0 Å². The van der Waals surface area contributed by atoms with E-state index in [1.807, 2.05) is 37.3 Å². The molecule has 17 heavy (non-hydrogen) atoms. The van der Waals surface area contributed by atoms with E-state index in [9.17, 15) is 0 Å². The number of nitrogens with two attached hydrogens (primary N) is 1. The molecule has 90 valence electrons. The molecule has 2 rings (SSSR count). The van der Waals surface area contributed by atoms with Gasteiger partial charge in [0.15, 0.2) is 5.82 Å². The van der Waals surface area contributed by atoms with Gasteiger partial charge in [-0.05, 0) is 35.9 Å². The Hall–Kier alpha value is -1.75. The van der Waals surface area contributed by atoms with E-state index in [1.165, 1.54) is 0 Å². The second kappa shape index (κ2) is 5.05. The number of hydrogen-bond donors (Lipinski definition) is 1. The van der Waals surface area contributed by atoms with Crippen molar-refractivity contribution >= 4 is 0 Å². The van der Waals surface area contributed by atoms with Crippen molar-refractivity contribution < 1.29 is 0 Å². The van der Waals surface area contributed by atoms with E-state index in [0.717, 1.165) is 17.9 Å². The lowest BCUT2D eigenvalue weighted by atomic mass is 9.98. The van der Waals surface area contributed by atoms with Gasteiger partial charge in [-0.3, -0.25) is 0 Å². The first-order valence-electron chi connectivity index (χ1n) is 5.83. The smallest absolute Gasteiger partial charge is 0.161 e. The van der Waals surface area contributed by atoms with E-state index in [4.69, 9.17) is 5.73 Å². The zero-order valence-corrected chi connectivity index (χ0v) is 10.1. The molecule has 0 bridgehead atoms. The molecule has 2 N–H and O–H groups in total. The molecule has 5 nitrogen and oxygen atoms in total. The Kier molecular flexibility index (Phi) is 3.49. The summed E-state index contributed by atoms with van der Waals surface area (Å²) >= 11 is 0. The molecule has 0 aliphatic heterocycles. The van der Waals surface area contributed by atoms with Gasteiger partial charge in [-0.1, -0.05) is 25.1 Å². The van der Waals surface area contributed by atoms with Crippen molar-refractivity contribution in [3.8, 4) is 5.69 Å². The van der Waals surface area contributed by atoms with Gasteiger partial charge in [-0.2, -0.15) is 4.68 Å². The summed E-state index contributed by atoms with van der Waals surface area (Å²) in [6.45, 7) is 4.08. The predicted molar refractivity (Wildman–Crippen MR) is 65.8 cm³/mol. The van der Waals surface area contributed by atoms with Crippen molar-refractivity contribution in [3.05, 3.63) is 36.2 Å². The molecule has 0 saturated carbocycles. The summed E-state index contributed by atoms with van der Waals surface area (Å²) in [5.41, 5.74) is 6.94. The summed E-state index contributed by atoms with van der Waals surface area (Å²) < 4.78 is 1.76. The molecule has 2 aromatic rings. The van der Waals surface area contributed by atoms with Gasteiger partial charge in [0.05, 0.1) is 5.69 Å². The first kappa shape index (κ1) is 11.7. The Labute approximate surface area is 101 Å². The fourth-order valence-corrected chi connectivity index (χ4v) is 1.97. The van der Waals surface area contributed by atoms with Crippen LogP contribution < -0.4 is 5.73 Å². The van der Waals surface area contributed by atoms with Crippen LogP contribution in [0.3, 0.4) is 0 Å². The quantitative estimate of drug-likeness (QED) is 0.865. The average molecular weight is 231 g/mol. The molecule has 0 radical (unpaired) electrons. The minimum Gasteiger partial charge on any atom is -0.327 e. The molecule has 0 saturated heterocycles. The Morgan fingerprint density at radius 3 is 2.59 bits per heavy atom. The van der Waals surface area contributed by atoms with Gasteiger partial charge in [0, 0.05) is 12.0 Å². The highest BCUT2D eigenvalue weighted by molar-refractivity contribution is 5.31. The monoisotopic (exact) mass is 231 g/mol. The van der Waals surface area contributed by atoms with Gasteiger partial charge >= 0.3 is 0 Å². The minimum absolute atomic E-state index is 0.0356. The van der Waals surface area contributed by atoms with Crippen LogP contribution in [0.4, 0.5) is 0 Å². The zero-order valence-electron chi connectivity index (χ0n) is 10.1. The summed E-state index contributed by atoms with van der Waals surface area (Å²) in [6.07, 6.45) is 0.922. The molecule has 0 aliphatic carbocycles. The maximum atomic E-state index is 5.98. The normalized spacial score (nSPS) is 14.5. The van der Waals surface area contributed by atoms with Crippen molar-refractivity contribution in [1.29, 1.82) is 0 Å². The molecule has 0 amide bonds. The molecule has 0 aliphatic rings. The molecule has 2 atom stereocenters. The summed E-state index contributed by atoms with van der Waals surface area (Å²) in [5.74, 6) is 0.999. The van der Waals surface area contributed by atoms with Crippen molar-refractivity contribution in [3.63, 3.8) is 0 Å². The maximum absolute atomic E-state index is 5.98. The maximum Gasteiger partial charge on any atom is 0.161 e. The van der Waals surface area contributed by atoms with Crippen LogP contribution >= 0.6 is 0 Å². The number of para-hydroxylation sites is 1. The van der Waals surface area contributed by atoms with Gasteiger partial charge in [0.25, 0.3) is 0 Å². The van der Waals surface area contributed by atoms with Crippen LogP contribution in [0, 0.1) is 0 Å². The summed E-state index contributed by atoms with van der Waals surface area (Å²) in [6, 6.07) is 9.90. The lowest BCUT2D eigenvalue weighted by Gasteiger charge is -2.17. The van der Waals surface area contributed by atoms with E-state index in [-0.39, 0.29) is 12.0 Å². The van der Waals surface area contributed by atoms with E-state index in [1.54, 1.807) is 4.68 Å². The third-order valence-electron chi connectivity index (χ3n) is 2.90. The second-order valence-electron chi connectivity index (χ2n) is 4.16. The van der Waals surface area contributed by atoms with Crippen LogP contribution in [0.1, 0.15) is 32.0 Å². The van der Waals surface area contributed by atoms with Gasteiger partial charge in [-0.15, -0.1) is 5.10 Å². The average Bonchev–Trinajstić information content (AvgIpc) is 2.80. The Bertz CT molecular complexity index is 463. The highest BCUT2D eigenvalue weighted by Crippen LogP contribution is 2.21. The molecular formula is C12H17N5. The molecule has 1 aromatic carbocycles. The number of rotatable bonds is 4. The minimum atomic E-state index is 0.0356. The number of nitrogens with zero attached hydrogens (tertiary/aromatic N) is 4. The van der Waals surface area contributed by atoms with Crippen LogP contribution in [0.25, 0.3) is 5.69 Å². The zero-order chi connectivity index (χ0) is 12.3. The third kappa shape index (κ3) is 2.34. The Morgan fingerprint density at radius 2 is 2.00 bits per heavy atom. The number of tetrazole rings is 1. The van der Waals surface area contributed by atoms with Crippen LogP contribution in [0.5, 0.6) is 0 Å². The molecule has 1 aromatic heterocycles. The number of benzene rings is 1. The number of hydrogen-bond acceptors (Lipinski definition) is 4. The predicted octanol–water partition coefficient (Wildman–Crippen LogP) is 1.50. The highest BCUT2D eigenvalue weighted by Gasteiger charge is 2.21. The van der Waals surface area contributed by atoms with E-state index in [0.29, 0.717) is 0 Å². The third-order valence-corrected chi connectivity index (χ3v) is 2.90. The first-order valence-corrected chi connectivity index (χ1v) is 5.83. The fourth-order valence-electron chi connectivity index (χ4n) is 1.97. The second-order valence-corrected chi connectivity index (χ2v) is 4.16. The topological polar surface area (TPSA) is 69.6 Å². The summed E-state index contributed by atoms with van der Waals surface area (Å²) in [7, 11) is 0. The van der Waals surface area contributed by atoms with Gasteiger partial charge in [0.2, 0.25) is 0 Å². The summed E-state index contributed by atoms with van der Waals surface area (Å²) in [4.78, 5) is 0. The Balaban J connectivity index is 2.41. The first-order chi connectivity index (χ1) is 8.24. The largest absolute Gasteiger partial charge is 0.327 e. The Morgan fingerprint density at radius 1 is 1.29 bits per heavy atom. The van der Waals surface area contributed by atoms with Crippen LogP contribution in [-0.4, -0.2) is 26.2 Å². The van der Waals surface area contributed by atoms with Gasteiger partial charge < -0.3 is 5.73 Å². The molecule has 0 fully saturated rings. The SMILES string of the molecule is CCC(c1nnnn1-c1ccccc1)C(C)N. The lowest BCUT2D eigenvalue weighted by Crippen LogP contribution is -2.26. The van der Waals surface area contributed by atoms with E-state index < -0.39 is 0 Å². The fraction of sp³-hybridized carbons (Fsp3) is 0.417. The van der Waals surface area contributed by atoms with E-state index in [2.05, 4.69) is 22.4 Å². The molecule has 5 heteroatoms. The lowest BCUT2D eigenvalue weighted by molar-refractivity contribution is 0.512. The number of aromatic nitrogens is 4. The van der Waals surface area contributed by atoms with Crippen LogP contribution in [-0.2, 0) is 0 Å². The molecule has 1 heterocycles. The van der Waals surface area contributed by atoms with Crippen molar-refractivity contribution in [2.45, 2.75) is 32.2 Å². The molecule has 0 spiro atoms. The summed E-state index contributed by atoms with van der Waals surface area (Å²) in [5, 5.41) is 11.9. The van der Waals surface area contributed by atoms with Crippen LogP contribution in [0.2, 0.25) is 0 Å². The van der Waals surface area contributed by atoms with Crippen molar-refractivity contribution in [2.75, 3.05) is 0 Å². The standard InChI is InChI=1S/C12H17N5/c1-3-11(9(2)13)12-14-15-16-17(12)10-7-5-4-6-8-10/h4-9,11H,3,13H2,1-2H3. The van der Waals surface area contributed by atoms with Crippen molar-refractivity contribution in [2.24, 2.45) is 5.73 Å². The van der Waals surface area contributed by atoms with Gasteiger partial charge in [0.1, 0.15) is 0 Å². The van der Waals surface area contributed by atoms with E-state index >= 15 is 0 Å². The van der Waals surface area contributed by atoms with Crippen LogP contribution in [0.15, 0.2) is 30.3 Å². The highest BCUT2D eigenvalue weighted by atomic mass is 15.5. The molecular weight excluding hydrogens is 214 g/mol. The molecule has 2 unspecified atom stereocenters.